The van der Waals surface area contributed by atoms with E-state index in [-0.39, 0.29) is 12.2 Å². The Bertz CT molecular complexity index is 533. The Morgan fingerprint density at radius 2 is 1.85 bits per heavy atom. The van der Waals surface area contributed by atoms with E-state index in [9.17, 15) is 0 Å². The number of aliphatic hydroxyl groups excluding tert-OH is 1. The summed E-state index contributed by atoms with van der Waals surface area (Å²) in [6, 6.07) is 15.0. The summed E-state index contributed by atoms with van der Waals surface area (Å²) in [6.45, 7) is 0.696. The Morgan fingerprint density at radius 3 is 2.65 bits per heavy atom. The van der Waals surface area contributed by atoms with Crippen LogP contribution in [0.2, 0.25) is 0 Å². The molecule has 0 saturated carbocycles. The van der Waals surface area contributed by atoms with Crippen molar-refractivity contribution in [1.82, 2.24) is 0 Å². The number of rotatable bonds is 3. The summed E-state index contributed by atoms with van der Waals surface area (Å²) in [4.78, 5) is 0. The van der Waals surface area contributed by atoms with Crippen LogP contribution in [-0.4, -0.2) is 32.0 Å². The Labute approximate surface area is 120 Å². The second-order valence-corrected chi connectivity index (χ2v) is 4.85. The van der Waals surface area contributed by atoms with Crippen LogP contribution < -0.4 is 0 Å². The normalized spacial score (nSPS) is 21.6. The highest BCUT2D eigenvalue weighted by molar-refractivity contribution is 5.86. The largest absolute Gasteiger partial charge is 0.400 e. The zero-order valence-corrected chi connectivity index (χ0v) is 12.1. The molecule has 0 aliphatic carbocycles. The van der Waals surface area contributed by atoms with Gasteiger partial charge in [-0.2, -0.15) is 0 Å². The molecule has 1 N–H and O–H groups in total. The lowest BCUT2D eigenvalue weighted by Gasteiger charge is -2.15. The zero-order chi connectivity index (χ0) is 14.4. The van der Waals surface area contributed by atoms with Crippen LogP contribution >= 0.6 is 0 Å². The van der Waals surface area contributed by atoms with E-state index in [1.165, 1.54) is 16.3 Å². The molecular weight excluding hydrogens is 252 g/mol. The molecule has 0 bridgehead atoms. The smallest absolute Gasteiger partial charge is 0.0836 e. The van der Waals surface area contributed by atoms with Crippen molar-refractivity contribution >= 4 is 10.8 Å². The SMILES string of the molecule is CO.COCC1CCC(c2cccc3ccccc23)O1. The van der Waals surface area contributed by atoms with Gasteiger partial charge in [-0.1, -0.05) is 42.5 Å². The van der Waals surface area contributed by atoms with Gasteiger partial charge in [0.05, 0.1) is 18.8 Å². The van der Waals surface area contributed by atoms with Gasteiger partial charge in [-0.25, -0.2) is 0 Å². The molecule has 108 valence electrons. The van der Waals surface area contributed by atoms with Crippen molar-refractivity contribution in [2.75, 3.05) is 20.8 Å². The van der Waals surface area contributed by atoms with E-state index in [4.69, 9.17) is 14.6 Å². The summed E-state index contributed by atoms with van der Waals surface area (Å²) in [5.74, 6) is 0. The molecule has 0 spiro atoms. The molecule has 0 radical (unpaired) electrons. The van der Waals surface area contributed by atoms with Gasteiger partial charge in [0, 0.05) is 14.2 Å². The van der Waals surface area contributed by atoms with Crippen LogP contribution in [0.4, 0.5) is 0 Å². The van der Waals surface area contributed by atoms with E-state index >= 15 is 0 Å². The van der Waals surface area contributed by atoms with Crippen molar-refractivity contribution in [2.24, 2.45) is 0 Å². The van der Waals surface area contributed by atoms with E-state index in [0.29, 0.717) is 6.61 Å². The predicted octanol–water partition coefficient (Wildman–Crippen LogP) is 3.31. The van der Waals surface area contributed by atoms with Crippen LogP contribution in [0, 0.1) is 0 Å². The fourth-order valence-electron chi connectivity index (χ4n) is 2.77. The van der Waals surface area contributed by atoms with Gasteiger partial charge in [0.15, 0.2) is 0 Å². The van der Waals surface area contributed by atoms with E-state index in [2.05, 4.69) is 42.5 Å². The van der Waals surface area contributed by atoms with Gasteiger partial charge in [-0.05, 0) is 29.2 Å². The van der Waals surface area contributed by atoms with Gasteiger partial charge in [-0.3, -0.25) is 0 Å². The first kappa shape index (κ1) is 15.0. The van der Waals surface area contributed by atoms with Crippen LogP contribution in [0.1, 0.15) is 24.5 Å². The van der Waals surface area contributed by atoms with Crippen molar-refractivity contribution < 1.29 is 14.6 Å². The molecule has 20 heavy (non-hydrogen) atoms. The average Bonchev–Trinajstić information content (AvgIpc) is 2.98. The molecule has 2 aromatic carbocycles. The Morgan fingerprint density at radius 1 is 1.10 bits per heavy atom. The number of fused-ring (bicyclic) bond motifs is 1. The molecule has 3 rings (SSSR count). The highest BCUT2D eigenvalue weighted by Gasteiger charge is 2.27. The summed E-state index contributed by atoms with van der Waals surface area (Å²) < 4.78 is 11.2. The Kier molecular flexibility index (Phi) is 5.53. The predicted molar refractivity (Wildman–Crippen MR) is 80.8 cm³/mol. The molecule has 1 saturated heterocycles. The van der Waals surface area contributed by atoms with Gasteiger partial charge in [0.1, 0.15) is 0 Å². The van der Waals surface area contributed by atoms with Crippen LogP contribution in [0.3, 0.4) is 0 Å². The fraction of sp³-hybridized carbons (Fsp3) is 0.412. The molecule has 0 aromatic heterocycles. The molecule has 2 atom stereocenters. The maximum atomic E-state index is 7.00. The third-order valence-corrected chi connectivity index (χ3v) is 3.63. The van der Waals surface area contributed by atoms with Gasteiger partial charge >= 0.3 is 0 Å². The summed E-state index contributed by atoms with van der Waals surface area (Å²) in [5.41, 5.74) is 1.31. The van der Waals surface area contributed by atoms with Gasteiger partial charge < -0.3 is 14.6 Å². The summed E-state index contributed by atoms with van der Waals surface area (Å²) in [5, 5.41) is 9.59. The van der Waals surface area contributed by atoms with Crippen molar-refractivity contribution in [3.05, 3.63) is 48.0 Å². The van der Waals surface area contributed by atoms with E-state index in [1.807, 2.05) is 0 Å². The molecular formula is C17H22O3. The van der Waals surface area contributed by atoms with Gasteiger partial charge in [0.2, 0.25) is 0 Å². The molecule has 1 aliphatic rings. The van der Waals surface area contributed by atoms with Crippen LogP contribution in [-0.2, 0) is 9.47 Å². The molecule has 0 amide bonds. The van der Waals surface area contributed by atoms with E-state index in [1.54, 1.807) is 7.11 Å². The fourth-order valence-corrected chi connectivity index (χ4v) is 2.77. The summed E-state index contributed by atoms with van der Waals surface area (Å²) in [7, 11) is 2.73. The standard InChI is InChI=1S/C16H18O2.CH4O/c1-17-11-13-9-10-16(18-13)15-8-4-6-12-5-2-3-7-14(12)15;1-2/h2-8,13,16H,9-11H2,1H3;2H,1H3. The van der Waals surface area contributed by atoms with E-state index in [0.717, 1.165) is 20.0 Å². The maximum absolute atomic E-state index is 7.00. The summed E-state index contributed by atoms with van der Waals surface area (Å²) >= 11 is 0. The van der Waals surface area contributed by atoms with Crippen LogP contribution in [0.25, 0.3) is 10.8 Å². The monoisotopic (exact) mass is 274 g/mol. The topological polar surface area (TPSA) is 38.7 Å². The molecule has 1 aliphatic heterocycles. The lowest BCUT2D eigenvalue weighted by molar-refractivity contribution is -0.00169. The van der Waals surface area contributed by atoms with Crippen LogP contribution in [0.15, 0.2) is 42.5 Å². The number of ether oxygens (including phenoxy) is 2. The minimum Gasteiger partial charge on any atom is -0.400 e. The number of hydrogen-bond donors (Lipinski definition) is 1. The molecule has 2 unspecified atom stereocenters. The molecule has 3 heteroatoms. The van der Waals surface area contributed by atoms with Crippen molar-refractivity contribution in [1.29, 1.82) is 0 Å². The quantitative estimate of drug-likeness (QED) is 0.933. The molecule has 3 nitrogen and oxygen atoms in total. The third-order valence-electron chi connectivity index (χ3n) is 3.63. The lowest BCUT2D eigenvalue weighted by Crippen LogP contribution is -2.13. The Balaban J connectivity index is 0.000000704. The number of benzene rings is 2. The molecule has 1 fully saturated rings. The van der Waals surface area contributed by atoms with Crippen molar-refractivity contribution in [2.45, 2.75) is 25.0 Å². The van der Waals surface area contributed by atoms with E-state index < -0.39 is 0 Å². The average molecular weight is 274 g/mol. The Hall–Kier alpha value is -1.42. The first-order chi connectivity index (χ1) is 9.88. The van der Waals surface area contributed by atoms with Crippen molar-refractivity contribution in [3.8, 4) is 0 Å². The second-order valence-electron chi connectivity index (χ2n) is 4.85. The highest BCUT2D eigenvalue weighted by atomic mass is 16.5. The maximum Gasteiger partial charge on any atom is 0.0836 e. The highest BCUT2D eigenvalue weighted by Crippen LogP contribution is 2.36. The zero-order valence-electron chi connectivity index (χ0n) is 12.1. The number of hydrogen-bond acceptors (Lipinski definition) is 3. The minimum atomic E-state index is 0.219. The second kappa shape index (κ2) is 7.39. The first-order valence-electron chi connectivity index (χ1n) is 6.95. The summed E-state index contributed by atoms with van der Waals surface area (Å²) in [6.07, 6.45) is 2.64. The minimum absolute atomic E-state index is 0.219. The lowest BCUT2D eigenvalue weighted by atomic mass is 9.99. The molecule has 2 aromatic rings. The third kappa shape index (κ3) is 3.18. The molecule has 1 heterocycles. The number of methoxy groups -OCH3 is 1. The van der Waals surface area contributed by atoms with Crippen LogP contribution in [0.5, 0.6) is 0 Å². The van der Waals surface area contributed by atoms with Gasteiger partial charge in [-0.15, -0.1) is 0 Å². The first-order valence-corrected chi connectivity index (χ1v) is 6.95. The van der Waals surface area contributed by atoms with Crippen molar-refractivity contribution in [3.63, 3.8) is 0 Å². The number of aliphatic hydroxyl groups is 1. The van der Waals surface area contributed by atoms with Gasteiger partial charge in [0.25, 0.3) is 0 Å².